The minimum atomic E-state index is -1.24. The Hall–Kier alpha value is -3.63. The summed E-state index contributed by atoms with van der Waals surface area (Å²) in [5.74, 6) is -2.67. The lowest BCUT2D eigenvalue weighted by atomic mass is 9.92. The van der Waals surface area contributed by atoms with E-state index < -0.39 is 53.5 Å². The van der Waals surface area contributed by atoms with Crippen LogP contribution in [-0.2, 0) is 30.3 Å². The molecule has 3 aliphatic heterocycles. The quantitative estimate of drug-likeness (QED) is 0.130. The molecule has 2 amide bonds. The van der Waals surface area contributed by atoms with Gasteiger partial charge in [-0.2, -0.15) is 0 Å². The number of nitrogens with zero attached hydrogens (tertiary/aromatic N) is 2. The van der Waals surface area contributed by atoms with Crippen molar-refractivity contribution in [3.63, 3.8) is 0 Å². The Morgan fingerprint density at radius 3 is 2.57 bits per heavy atom. The van der Waals surface area contributed by atoms with Crippen LogP contribution >= 0.6 is 11.8 Å². The highest BCUT2D eigenvalue weighted by atomic mass is 32.2. The van der Waals surface area contributed by atoms with Crippen LogP contribution in [0, 0.1) is 5.92 Å². The van der Waals surface area contributed by atoms with Crippen LogP contribution in [0.2, 0.25) is 0 Å². The van der Waals surface area contributed by atoms with E-state index in [1.807, 2.05) is 0 Å². The van der Waals surface area contributed by atoms with Gasteiger partial charge in [0.15, 0.2) is 6.61 Å². The van der Waals surface area contributed by atoms with Crippen LogP contribution in [0.15, 0.2) is 41.6 Å². The summed E-state index contributed by atoms with van der Waals surface area (Å²) >= 11 is 1.01. The van der Waals surface area contributed by atoms with E-state index in [-0.39, 0.29) is 59.8 Å². The molecule has 1 aromatic rings. The fourth-order valence-electron chi connectivity index (χ4n) is 5.85. The molecular weight excluding hydrogens is 658 g/mol. The van der Waals surface area contributed by atoms with Gasteiger partial charge >= 0.3 is 5.97 Å². The van der Waals surface area contributed by atoms with Gasteiger partial charge in [-0.3, -0.25) is 9.59 Å². The lowest BCUT2D eigenvalue weighted by Gasteiger charge is -2.40. The minimum Gasteiger partial charge on any atom is -0.508 e. The second-order valence-electron chi connectivity index (χ2n) is 12.5. The summed E-state index contributed by atoms with van der Waals surface area (Å²) < 4.78 is 11.3. The molecule has 3 heterocycles. The average molecular weight is 706 g/mol. The molecular formula is C34H47N3O11S. The Labute approximate surface area is 289 Å². The first kappa shape index (κ1) is 38.2. The molecule has 2 saturated heterocycles. The van der Waals surface area contributed by atoms with E-state index in [0.29, 0.717) is 25.9 Å². The summed E-state index contributed by atoms with van der Waals surface area (Å²) in [4.78, 5) is 46.0. The van der Waals surface area contributed by atoms with E-state index in [9.17, 15) is 39.9 Å². The van der Waals surface area contributed by atoms with Crippen molar-refractivity contribution in [1.82, 2.24) is 10.2 Å². The van der Waals surface area contributed by atoms with Crippen LogP contribution in [0.3, 0.4) is 0 Å². The number of thioether (sulfide) groups is 1. The van der Waals surface area contributed by atoms with Crippen LogP contribution in [0.1, 0.15) is 61.9 Å². The van der Waals surface area contributed by atoms with Gasteiger partial charge < -0.3 is 50.1 Å². The number of amides is 2. The van der Waals surface area contributed by atoms with Crippen molar-refractivity contribution in [1.29, 1.82) is 0 Å². The fraction of sp³-hybridized carbons (Fsp3) is 0.588. The number of likely N-dealkylation sites (tertiary alicyclic amines) is 1. The van der Waals surface area contributed by atoms with Crippen molar-refractivity contribution in [2.45, 2.75) is 88.3 Å². The molecule has 6 N–H and O–H groups in total. The van der Waals surface area contributed by atoms with Crippen molar-refractivity contribution < 1.29 is 54.2 Å². The summed E-state index contributed by atoms with van der Waals surface area (Å²) in [6.45, 7) is 4.04. The number of rotatable bonds is 8. The molecule has 270 valence electrons. The Balaban J connectivity index is 1.50. The van der Waals surface area contributed by atoms with E-state index in [4.69, 9.17) is 14.3 Å². The van der Waals surface area contributed by atoms with Crippen molar-refractivity contribution in [2.24, 2.45) is 11.1 Å². The highest BCUT2D eigenvalue weighted by Gasteiger charge is 2.42. The summed E-state index contributed by atoms with van der Waals surface area (Å²) in [6.07, 6.45) is 6.70. The second-order valence-corrected chi connectivity index (χ2v) is 13.6. The molecule has 2 fully saturated rings. The molecule has 2 unspecified atom stereocenters. The number of oxime groups is 1. The van der Waals surface area contributed by atoms with Gasteiger partial charge in [0, 0.05) is 37.9 Å². The van der Waals surface area contributed by atoms with Gasteiger partial charge in [-0.15, -0.1) is 11.8 Å². The predicted octanol–water partition coefficient (Wildman–Crippen LogP) is 1.77. The molecule has 0 aromatic heterocycles. The van der Waals surface area contributed by atoms with Gasteiger partial charge in [0.25, 0.3) is 5.91 Å². The number of piperidine rings is 1. The lowest BCUT2D eigenvalue weighted by Crippen LogP contribution is -2.53. The Bertz CT molecular complexity index is 1400. The third kappa shape index (κ3) is 10.9. The van der Waals surface area contributed by atoms with Gasteiger partial charge in [-0.05, 0) is 50.3 Å². The number of carbonyl (C=O) groups is 3. The summed E-state index contributed by atoms with van der Waals surface area (Å²) in [6, 6.07) is 1.87. The molecule has 0 radical (unpaired) electrons. The van der Waals surface area contributed by atoms with Crippen molar-refractivity contribution in [3.8, 4) is 11.5 Å². The first-order valence-electron chi connectivity index (χ1n) is 16.6. The summed E-state index contributed by atoms with van der Waals surface area (Å²) in [5, 5.41) is 58.3. The Morgan fingerprint density at radius 1 is 1.08 bits per heavy atom. The predicted molar refractivity (Wildman–Crippen MR) is 181 cm³/mol. The number of carbonyl (C=O) groups excluding carboxylic acids is 3. The van der Waals surface area contributed by atoms with E-state index in [2.05, 4.69) is 10.5 Å². The summed E-state index contributed by atoms with van der Waals surface area (Å²) in [7, 11) is 0. The number of phenolic OH excluding ortho intramolecular Hbond substituents is 2. The molecule has 1 aromatic carbocycles. The first-order valence-corrected chi connectivity index (χ1v) is 17.6. The van der Waals surface area contributed by atoms with Gasteiger partial charge in [-0.25, -0.2) is 4.79 Å². The van der Waals surface area contributed by atoms with Gasteiger partial charge in [0.1, 0.15) is 34.7 Å². The number of benzene rings is 1. The smallest absolute Gasteiger partial charge is 0.342 e. The normalized spacial score (nSPS) is 30.4. The zero-order chi connectivity index (χ0) is 35.5. The third-order valence-electron chi connectivity index (χ3n) is 8.65. The van der Waals surface area contributed by atoms with E-state index in [1.165, 1.54) is 6.07 Å². The molecule has 7 atom stereocenters. The Kier molecular flexibility index (Phi) is 14.3. The molecule has 49 heavy (non-hydrogen) atoms. The fourth-order valence-corrected chi connectivity index (χ4v) is 6.83. The van der Waals surface area contributed by atoms with Crippen LogP contribution < -0.4 is 5.32 Å². The van der Waals surface area contributed by atoms with Gasteiger partial charge in [-0.1, -0.05) is 30.3 Å². The number of cyclic esters (lactones) is 1. The van der Waals surface area contributed by atoms with Crippen LogP contribution in [0.4, 0.5) is 0 Å². The van der Waals surface area contributed by atoms with Crippen LogP contribution in [0.5, 0.6) is 11.5 Å². The number of aliphatic hydroxyl groups is 3. The van der Waals surface area contributed by atoms with Gasteiger partial charge in [0.05, 0.1) is 36.3 Å². The van der Waals surface area contributed by atoms with Crippen LogP contribution in [-0.4, -0.2) is 122 Å². The number of aliphatic hydroxyl groups excluding tert-OH is 3. The van der Waals surface area contributed by atoms with E-state index in [1.54, 1.807) is 43.1 Å². The molecule has 0 spiro atoms. The highest BCUT2D eigenvalue weighted by molar-refractivity contribution is 8.00. The number of esters is 1. The average Bonchev–Trinajstić information content (AvgIpc) is 3.06. The number of hydrogen-bond acceptors (Lipinski definition) is 13. The van der Waals surface area contributed by atoms with Crippen molar-refractivity contribution in [3.05, 3.63) is 47.6 Å². The van der Waals surface area contributed by atoms with Crippen molar-refractivity contribution >= 4 is 35.3 Å². The maximum atomic E-state index is 13.2. The zero-order valence-corrected chi connectivity index (χ0v) is 28.6. The second kappa shape index (κ2) is 18.4. The van der Waals surface area contributed by atoms with Crippen molar-refractivity contribution in [2.75, 3.05) is 32.1 Å². The molecule has 0 aliphatic carbocycles. The highest BCUT2D eigenvalue weighted by Crippen LogP contribution is 2.32. The maximum absolute atomic E-state index is 13.2. The number of allylic oxidation sites excluding steroid dienone is 1. The Morgan fingerprint density at radius 2 is 1.84 bits per heavy atom. The number of phenols is 2. The molecule has 0 saturated carbocycles. The monoisotopic (exact) mass is 705 g/mol. The maximum Gasteiger partial charge on any atom is 0.342 e. The van der Waals surface area contributed by atoms with E-state index in [0.717, 1.165) is 37.1 Å². The molecule has 14 nitrogen and oxygen atoms in total. The standard InChI is InChI=1S/C34H47N3O11S/c1-20-8-6-9-23(35-28(41)19-49-34-32(44)31(43)21(2)27(17-38)48-34)10-7-11-24(36-46-18-29(42)37-12-4-3-5-13-37)14-22-15-25(39)16-26(40)30(22)33(45)47-20/h6-7,9,11,15-16,20-21,23,27,31-32,34,38-40,43-44H,3-5,8,10,12-14,17-19H2,1-2H3,(H,35,41)/b9-6+,11-7+,36-24+/t20-,21-,23-,27?,31?,32+,34+/m1/s1. The molecule has 4 rings (SSSR count). The minimum absolute atomic E-state index is 0.0678. The summed E-state index contributed by atoms with van der Waals surface area (Å²) in [5.41, 5.74) is -0.534. The topological polar surface area (TPSA) is 208 Å². The third-order valence-corrected chi connectivity index (χ3v) is 9.80. The molecule has 3 aliphatic rings. The van der Waals surface area contributed by atoms with Gasteiger partial charge in [0.2, 0.25) is 5.91 Å². The number of fused-ring (bicyclic) bond motifs is 1. The number of ether oxygens (including phenoxy) is 2. The molecule has 15 heteroatoms. The SMILES string of the molecule is C[C@@H]1C(CO)O[C@@H](SCC(=O)N[C@@H]2/C=C/C[C@@H](C)OC(=O)c3c(O)cc(O)cc3CC(=N/OCC(=O)N3CCCCC3)/C=C/C2)[C@@H](O)C1O. The van der Waals surface area contributed by atoms with E-state index >= 15 is 0 Å². The lowest BCUT2D eigenvalue weighted by molar-refractivity contribution is -0.176. The number of nitrogens with one attached hydrogen (secondary N) is 1. The molecule has 0 bridgehead atoms. The van der Waals surface area contributed by atoms with Crippen LogP contribution in [0.25, 0.3) is 0 Å². The largest absolute Gasteiger partial charge is 0.508 e. The first-order chi connectivity index (χ1) is 23.5. The number of aromatic hydroxyl groups is 2. The zero-order valence-electron chi connectivity index (χ0n) is 27.8. The number of hydrogen-bond donors (Lipinski definition) is 6.